The summed E-state index contributed by atoms with van der Waals surface area (Å²) in [5.41, 5.74) is 5.36. The molecule has 1 aromatic rings. The summed E-state index contributed by atoms with van der Waals surface area (Å²) in [6.07, 6.45) is 0.683. The Morgan fingerprint density at radius 3 is 2.64 bits per heavy atom. The molecule has 0 bridgehead atoms. The third kappa shape index (κ3) is 2.05. The molecule has 4 N–H and O–H groups in total. The molecule has 0 aliphatic rings. The highest BCUT2D eigenvalue weighted by atomic mass is 16.3. The summed E-state index contributed by atoms with van der Waals surface area (Å²) in [7, 11) is 0. The summed E-state index contributed by atoms with van der Waals surface area (Å²) >= 11 is 0. The minimum absolute atomic E-state index is 0.145. The van der Waals surface area contributed by atoms with Crippen LogP contribution in [0.1, 0.15) is 25.8 Å². The van der Waals surface area contributed by atoms with Crippen molar-refractivity contribution in [3.05, 3.63) is 29.8 Å². The molecule has 0 heterocycles. The highest BCUT2D eigenvalue weighted by Crippen LogP contribution is 2.27. The molecule has 0 aliphatic carbocycles. The summed E-state index contributed by atoms with van der Waals surface area (Å²) in [4.78, 5) is 0. The zero-order valence-corrected chi connectivity index (χ0v) is 8.57. The fourth-order valence-electron chi connectivity index (χ4n) is 1.43. The van der Waals surface area contributed by atoms with Gasteiger partial charge in [0.1, 0.15) is 11.4 Å². The maximum Gasteiger partial charge on any atom is 0.115 e. The van der Waals surface area contributed by atoms with Crippen LogP contribution >= 0.6 is 0 Å². The first-order chi connectivity index (χ1) is 6.48. The second-order valence-electron chi connectivity index (χ2n) is 3.71. The average Bonchev–Trinajstić information content (AvgIpc) is 2.16. The van der Waals surface area contributed by atoms with Crippen molar-refractivity contribution in [3.63, 3.8) is 0 Å². The van der Waals surface area contributed by atoms with Gasteiger partial charge < -0.3 is 15.9 Å². The van der Waals surface area contributed by atoms with Gasteiger partial charge in [0.2, 0.25) is 0 Å². The Hall–Kier alpha value is -1.06. The highest BCUT2D eigenvalue weighted by molar-refractivity contribution is 5.31. The van der Waals surface area contributed by atoms with Gasteiger partial charge in [-0.3, -0.25) is 0 Å². The van der Waals surface area contributed by atoms with E-state index in [0.717, 1.165) is 0 Å². The van der Waals surface area contributed by atoms with Crippen LogP contribution in [0.15, 0.2) is 24.3 Å². The van der Waals surface area contributed by atoms with E-state index in [0.29, 0.717) is 12.0 Å². The fraction of sp³-hybridized carbons (Fsp3) is 0.455. The molecule has 0 saturated carbocycles. The van der Waals surface area contributed by atoms with Crippen LogP contribution in [0.5, 0.6) is 5.75 Å². The molecule has 3 nitrogen and oxygen atoms in total. The van der Waals surface area contributed by atoms with Crippen molar-refractivity contribution in [2.24, 2.45) is 5.73 Å². The zero-order chi connectivity index (χ0) is 10.8. The fourth-order valence-corrected chi connectivity index (χ4v) is 1.43. The van der Waals surface area contributed by atoms with E-state index in [1.165, 1.54) is 6.07 Å². The summed E-state index contributed by atoms with van der Waals surface area (Å²) in [5, 5.41) is 19.4. The second-order valence-corrected chi connectivity index (χ2v) is 3.71. The van der Waals surface area contributed by atoms with Crippen molar-refractivity contribution in [2.45, 2.75) is 31.9 Å². The molecule has 3 heteroatoms. The second kappa shape index (κ2) is 3.98. The van der Waals surface area contributed by atoms with Crippen molar-refractivity contribution in [1.82, 2.24) is 0 Å². The van der Waals surface area contributed by atoms with Gasteiger partial charge in [0.25, 0.3) is 0 Å². The molecule has 1 rings (SSSR count). The van der Waals surface area contributed by atoms with Crippen LogP contribution < -0.4 is 5.73 Å². The topological polar surface area (TPSA) is 66.5 Å². The first kappa shape index (κ1) is 11.0. The minimum Gasteiger partial charge on any atom is -0.508 e. The van der Waals surface area contributed by atoms with E-state index >= 15 is 0 Å². The number of aliphatic hydroxyl groups is 1. The van der Waals surface area contributed by atoms with Gasteiger partial charge in [0, 0.05) is 6.04 Å². The molecule has 0 saturated heterocycles. The Morgan fingerprint density at radius 2 is 2.14 bits per heavy atom. The van der Waals surface area contributed by atoms with E-state index < -0.39 is 5.60 Å². The number of aromatic hydroxyl groups is 1. The number of hydrogen-bond donors (Lipinski definition) is 3. The van der Waals surface area contributed by atoms with Crippen molar-refractivity contribution in [3.8, 4) is 5.75 Å². The molecule has 2 unspecified atom stereocenters. The maximum atomic E-state index is 10.1. The predicted octanol–water partition coefficient (Wildman–Crippen LogP) is 1.34. The molecule has 2 atom stereocenters. The SMILES string of the molecule is CCC(N)C(C)(O)c1cccc(O)c1. The normalized spacial score (nSPS) is 17.4. The first-order valence-electron chi connectivity index (χ1n) is 4.76. The first-order valence-corrected chi connectivity index (χ1v) is 4.76. The third-order valence-electron chi connectivity index (χ3n) is 2.59. The number of hydrogen-bond acceptors (Lipinski definition) is 3. The molecule has 0 amide bonds. The Kier molecular flexibility index (Phi) is 3.13. The van der Waals surface area contributed by atoms with Crippen molar-refractivity contribution in [2.75, 3.05) is 0 Å². The van der Waals surface area contributed by atoms with E-state index in [4.69, 9.17) is 5.73 Å². The monoisotopic (exact) mass is 195 g/mol. The van der Waals surface area contributed by atoms with Gasteiger partial charge in [-0.1, -0.05) is 19.1 Å². The van der Waals surface area contributed by atoms with Crippen molar-refractivity contribution < 1.29 is 10.2 Å². The third-order valence-corrected chi connectivity index (χ3v) is 2.59. The minimum atomic E-state index is -1.09. The lowest BCUT2D eigenvalue weighted by Gasteiger charge is -2.29. The lowest BCUT2D eigenvalue weighted by atomic mass is 9.87. The Balaban J connectivity index is 3.03. The smallest absolute Gasteiger partial charge is 0.115 e. The number of phenols is 1. The van der Waals surface area contributed by atoms with Gasteiger partial charge in [-0.25, -0.2) is 0 Å². The number of benzene rings is 1. The van der Waals surface area contributed by atoms with Crippen LogP contribution in [0.4, 0.5) is 0 Å². The molecule has 0 radical (unpaired) electrons. The van der Waals surface area contributed by atoms with Gasteiger partial charge in [0.15, 0.2) is 0 Å². The van der Waals surface area contributed by atoms with E-state index in [2.05, 4.69) is 0 Å². The quantitative estimate of drug-likeness (QED) is 0.681. The molecule has 0 spiro atoms. The van der Waals surface area contributed by atoms with E-state index in [-0.39, 0.29) is 11.8 Å². The predicted molar refractivity (Wildman–Crippen MR) is 55.9 cm³/mol. The van der Waals surface area contributed by atoms with Crippen molar-refractivity contribution in [1.29, 1.82) is 0 Å². The number of phenolic OH excluding ortho intramolecular Hbond substituents is 1. The van der Waals surface area contributed by atoms with Gasteiger partial charge in [-0.05, 0) is 31.0 Å². The molecule has 78 valence electrons. The standard InChI is InChI=1S/C11H17NO2/c1-3-10(12)11(2,14)8-5-4-6-9(13)7-8/h4-7,10,13-14H,3,12H2,1-2H3. The van der Waals surface area contributed by atoms with Gasteiger partial charge >= 0.3 is 0 Å². The van der Waals surface area contributed by atoms with Gasteiger partial charge in [0.05, 0.1) is 0 Å². The van der Waals surface area contributed by atoms with Crippen LogP contribution in [0, 0.1) is 0 Å². The molecule has 0 fully saturated rings. The zero-order valence-electron chi connectivity index (χ0n) is 8.57. The van der Waals surface area contributed by atoms with Crippen LogP contribution in [0.3, 0.4) is 0 Å². The van der Waals surface area contributed by atoms with Crippen LogP contribution in [-0.2, 0) is 5.60 Å². The molecule has 1 aromatic carbocycles. The van der Waals surface area contributed by atoms with Gasteiger partial charge in [-0.15, -0.1) is 0 Å². The van der Waals surface area contributed by atoms with Gasteiger partial charge in [-0.2, -0.15) is 0 Å². The number of rotatable bonds is 3. The summed E-state index contributed by atoms with van der Waals surface area (Å²) in [5.74, 6) is 0.145. The molecular weight excluding hydrogens is 178 g/mol. The van der Waals surface area contributed by atoms with Crippen LogP contribution in [0.25, 0.3) is 0 Å². The van der Waals surface area contributed by atoms with E-state index in [1.807, 2.05) is 6.92 Å². The molecule has 0 aliphatic heterocycles. The van der Waals surface area contributed by atoms with Crippen molar-refractivity contribution >= 4 is 0 Å². The Labute approximate surface area is 84.2 Å². The highest BCUT2D eigenvalue weighted by Gasteiger charge is 2.29. The average molecular weight is 195 g/mol. The Morgan fingerprint density at radius 1 is 1.50 bits per heavy atom. The summed E-state index contributed by atoms with van der Waals surface area (Å²) in [6.45, 7) is 3.58. The van der Waals surface area contributed by atoms with Crippen LogP contribution in [0.2, 0.25) is 0 Å². The lowest BCUT2D eigenvalue weighted by Crippen LogP contribution is -2.42. The Bertz CT molecular complexity index is 310. The van der Waals surface area contributed by atoms with Crippen LogP contribution in [-0.4, -0.2) is 16.3 Å². The summed E-state index contributed by atoms with van der Waals surface area (Å²) in [6, 6.07) is 6.23. The molecular formula is C11H17NO2. The largest absolute Gasteiger partial charge is 0.508 e. The van der Waals surface area contributed by atoms with E-state index in [1.54, 1.807) is 25.1 Å². The van der Waals surface area contributed by atoms with E-state index in [9.17, 15) is 10.2 Å². The summed E-state index contributed by atoms with van der Waals surface area (Å²) < 4.78 is 0. The maximum absolute atomic E-state index is 10.1. The molecule has 0 aromatic heterocycles. The lowest BCUT2D eigenvalue weighted by molar-refractivity contribution is 0.0275. The molecule has 14 heavy (non-hydrogen) atoms. The number of nitrogens with two attached hydrogens (primary N) is 1.